The molecule has 0 aliphatic heterocycles. The highest BCUT2D eigenvalue weighted by Crippen LogP contribution is 2.28. The summed E-state index contributed by atoms with van der Waals surface area (Å²) in [6.07, 6.45) is -12.5. The van der Waals surface area contributed by atoms with Crippen molar-refractivity contribution in [3.63, 3.8) is 0 Å². The molecule has 0 saturated carbocycles. The van der Waals surface area contributed by atoms with Gasteiger partial charge in [0.05, 0.1) is 6.54 Å². The van der Waals surface area contributed by atoms with Gasteiger partial charge in [-0.2, -0.15) is 26.3 Å². The van der Waals surface area contributed by atoms with E-state index in [0.29, 0.717) is 0 Å². The van der Waals surface area contributed by atoms with Crippen LogP contribution >= 0.6 is 0 Å². The Balaban J connectivity index is 2.83. The first-order valence-electron chi connectivity index (χ1n) is 4.70. The van der Waals surface area contributed by atoms with Gasteiger partial charge in [-0.25, -0.2) is 9.97 Å². The summed E-state index contributed by atoms with van der Waals surface area (Å²) in [7, 11) is 0. The summed E-state index contributed by atoms with van der Waals surface area (Å²) in [4.78, 5) is 5.85. The van der Waals surface area contributed by atoms with Crippen LogP contribution in [0.15, 0.2) is 6.07 Å². The number of alkyl halides is 6. The third kappa shape index (κ3) is 4.43. The number of anilines is 2. The third-order valence-corrected chi connectivity index (χ3v) is 1.85. The maximum atomic E-state index is 12.3. The minimum absolute atomic E-state index is 0.564. The number of nitrogens with one attached hydrogen (secondary N) is 1. The van der Waals surface area contributed by atoms with Gasteiger partial charge in [0.1, 0.15) is 11.6 Å². The first-order valence-corrected chi connectivity index (χ1v) is 4.70. The lowest BCUT2D eigenvalue weighted by atomic mass is 10.3. The average molecular weight is 290 g/mol. The van der Waals surface area contributed by atoms with Crippen molar-refractivity contribution in [2.45, 2.75) is 18.5 Å². The molecule has 11 heteroatoms. The number of aliphatic hydroxyl groups excluding tert-OH is 1. The van der Waals surface area contributed by atoms with Crippen LogP contribution in [0.5, 0.6) is 0 Å². The Morgan fingerprint density at radius 2 is 1.79 bits per heavy atom. The average Bonchev–Trinajstić information content (AvgIpc) is 2.22. The molecule has 4 N–H and O–H groups in total. The largest absolute Gasteiger partial charge is 0.451 e. The summed E-state index contributed by atoms with van der Waals surface area (Å²) in [5.41, 5.74) is 5.07. The number of nitrogens with two attached hydrogens (primary N) is 1. The Morgan fingerprint density at radius 3 is 2.26 bits per heavy atom. The number of rotatable bonds is 3. The van der Waals surface area contributed by atoms with E-state index < -0.39 is 42.5 Å². The zero-order valence-electron chi connectivity index (χ0n) is 9.05. The molecule has 0 radical (unpaired) electrons. The molecule has 0 aromatic carbocycles. The van der Waals surface area contributed by atoms with Gasteiger partial charge in [-0.1, -0.05) is 0 Å². The summed E-state index contributed by atoms with van der Waals surface area (Å²) in [5, 5.41) is 10.6. The van der Waals surface area contributed by atoms with Crippen LogP contribution in [0.3, 0.4) is 0 Å². The van der Waals surface area contributed by atoms with E-state index in [4.69, 9.17) is 10.8 Å². The zero-order valence-corrected chi connectivity index (χ0v) is 9.05. The Labute approximate surface area is 102 Å². The number of hydrogen-bond acceptors (Lipinski definition) is 5. The molecule has 0 amide bonds. The van der Waals surface area contributed by atoms with Crippen LogP contribution in [-0.4, -0.2) is 33.9 Å². The van der Waals surface area contributed by atoms with Crippen molar-refractivity contribution >= 4 is 11.6 Å². The molecule has 5 nitrogen and oxygen atoms in total. The molecule has 0 spiro atoms. The molecule has 1 unspecified atom stereocenters. The molecule has 0 bridgehead atoms. The Kier molecular flexibility index (Phi) is 4.08. The van der Waals surface area contributed by atoms with E-state index in [-0.39, 0.29) is 0 Å². The molecule has 1 rings (SSSR count). The van der Waals surface area contributed by atoms with Crippen molar-refractivity contribution in [3.8, 4) is 0 Å². The molecule has 19 heavy (non-hydrogen) atoms. The minimum Gasteiger partial charge on any atom is -0.384 e. The second-order valence-corrected chi connectivity index (χ2v) is 3.44. The first-order chi connectivity index (χ1) is 8.50. The molecular weight excluding hydrogens is 282 g/mol. The number of halogens is 6. The SMILES string of the molecule is Nc1cc(NCC(O)C(F)(F)F)nc(C(F)(F)F)n1. The van der Waals surface area contributed by atoms with Crippen LogP contribution in [0.4, 0.5) is 38.0 Å². The van der Waals surface area contributed by atoms with Crippen molar-refractivity contribution in [1.29, 1.82) is 0 Å². The standard InChI is InChI=1S/C8H8F6N4O/c9-7(10,11)3(19)2-16-5-1-4(15)17-6(18-5)8(12,13)14/h1,3,19H,2H2,(H3,15,16,17,18). The molecule has 0 fully saturated rings. The molecule has 1 heterocycles. The number of nitrogen functional groups attached to an aromatic ring is 1. The topological polar surface area (TPSA) is 84.1 Å². The number of aliphatic hydroxyl groups is 1. The van der Waals surface area contributed by atoms with E-state index in [2.05, 4.69) is 9.97 Å². The number of nitrogens with zero attached hydrogens (tertiary/aromatic N) is 2. The van der Waals surface area contributed by atoms with Crippen LogP contribution in [0, 0.1) is 0 Å². The van der Waals surface area contributed by atoms with E-state index >= 15 is 0 Å². The third-order valence-electron chi connectivity index (χ3n) is 1.85. The Morgan fingerprint density at radius 1 is 1.21 bits per heavy atom. The van der Waals surface area contributed by atoms with Gasteiger partial charge in [-0.15, -0.1) is 0 Å². The second-order valence-electron chi connectivity index (χ2n) is 3.44. The van der Waals surface area contributed by atoms with E-state index in [1.54, 1.807) is 0 Å². The van der Waals surface area contributed by atoms with Gasteiger partial charge < -0.3 is 16.2 Å². The van der Waals surface area contributed by atoms with Crippen molar-refractivity contribution in [1.82, 2.24) is 9.97 Å². The number of aromatic nitrogens is 2. The van der Waals surface area contributed by atoms with E-state index in [1.165, 1.54) is 0 Å². The molecule has 1 aromatic heterocycles. The highest BCUT2D eigenvalue weighted by Gasteiger charge is 2.38. The van der Waals surface area contributed by atoms with E-state index in [9.17, 15) is 26.3 Å². The highest BCUT2D eigenvalue weighted by molar-refractivity contribution is 5.45. The lowest BCUT2D eigenvalue weighted by molar-refractivity contribution is -0.198. The lowest BCUT2D eigenvalue weighted by Gasteiger charge is -2.16. The normalized spacial score (nSPS) is 14.3. The van der Waals surface area contributed by atoms with Crippen molar-refractivity contribution in [2.24, 2.45) is 0 Å². The van der Waals surface area contributed by atoms with Gasteiger partial charge in [0.15, 0.2) is 6.10 Å². The predicted molar refractivity (Wildman–Crippen MR) is 52.0 cm³/mol. The molecular formula is C8H8F6N4O. The minimum atomic E-state index is -4.89. The summed E-state index contributed by atoms with van der Waals surface area (Å²) >= 11 is 0. The van der Waals surface area contributed by atoms with E-state index in [1.807, 2.05) is 5.32 Å². The van der Waals surface area contributed by atoms with Crippen LogP contribution in [0.25, 0.3) is 0 Å². The summed E-state index contributed by atoms with van der Waals surface area (Å²) in [6.45, 7) is -1.06. The monoisotopic (exact) mass is 290 g/mol. The molecule has 0 aliphatic carbocycles. The van der Waals surface area contributed by atoms with Gasteiger partial charge in [0.25, 0.3) is 0 Å². The van der Waals surface area contributed by atoms with E-state index in [0.717, 1.165) is 6.07 Å². The Bertz CT molecular complexity index is 446. The van der Waals surface area contributed by atoms with Gasteiger partial charge >= 0.3 is 12.4 Å². The fraction of sp³-hybridized carbons (Fsp3) is 0.500. The lowest BCUT2D eigenvalue weighted by Crippen LogP contribution is -2.35. The Hall–Kier alpha value is -1.78. The zero-order chi connectivity index (χ0) is 14.8. The maximum Gasteiger partial charge on any atom is 0.451 e. The summed E-state index contributed by atoms with van der Waals surface area (Å²) < 4.78 is 72.8. The fourth-order valence-corrected chi connectivity index (χ4v) is 1.00. The molecule has 0 saturated heterocycles. The first kappa shape index (κ1) is 15.3. The second kappa shape index (κ2) is 5.07. The summed E-state index contributed by atoms with van der Waals surface area (Å²) in [5.74, 6) is -2.72. The van der Waals surface area contributed by atoms with Gasteiger partial charge in [-0.3, -0.25) is 0 Å². The maximum absolute atomic E-state index is 12.3. The highest BCUT2D eigenvalue weighted by atomic mass is 19.4. The van der Waals surface area contributed by atoms with Crippen LogP contribution < -0.4 is 11.1 Å². The van der Waals surface area contributed by atoms with Crippen LogP contribution in [-0.2, 0) is 6.18 Å². The van der Waals surface area contributed by atoms with Crippen LogP contribution in [0.2, 0.25) is 0 Å². The van der Waals surface area contributed by atoms with Gasteiger partial charge in [0, 0.05) is 6.07 Å². The van der Waals surface area contributed by atoms with Crippen molar-refractivity contribution in [3.05, 3.63) is 11.9 Å². The fourth-order valence-electron chi connectivity index (χ4n) is 1.00. The number of hydrogen-bond donors (Lipinski definition) is 3. The smallest absolute Gasteiger partial charge is 0.384 e. The van der Waals surface area contributed by atoms with Gasteiger partial charge in [-0.05, 0) is 0 Å². The predicted octanol–water partition coefficient (Wildman–Crippen LogP) is 1.41. The quantitative estimate of drug-likeness (QED) is 0.733. The summed E-state index contributed by atoms with van der Waals surface area (Å²) in [6, 6.07) is 0.818. The van der Waals surface area contributed by atoms with Crippen molar-refractivity contribution in [2.75, 3.05) is 17.6 Å². The molecule has 0 aliphatic rings. The molecule has 1 atom stereocenters. The van der Waals surface area contributed by atoms with Gasteiger partial charge in [0.2, 0.25) is 5.82 Å². The van der Waals surface area contributed by atoms with Crippen molar-refractivity contribution < 1.29 is 31.4 Å². The van der Waals surface area contributed by atoms with Crippen LogP contribution in [0.1, 0.15) is 5.82 Å². The molecule has 108 valence electrons. The molecule has 1 aromatic rings.